The van der Waals surface area contributed by atoms with Gasteiger partial charge in [0.2, 0.25) is 0 Å². The van der Waals surface area contributed by atoms with E-state index in [9.17, 15) is 0 Å². The van der Waals surface area contributed by atoms with E-state index in [4.69, 9.17) is 16.9 Å². The van der Waals surface area contributed by atoms with Crippen LogP contribution in [0.2, 0.25) is 5.02 Å². The van der Waals surface area contributed by atoms with E-state index in [-0.39, 0.29) is 0 Å². The summed E-state index contributed by atoms with van der Waals surface area (Å²) in [6, 6.07) is 8.42. The van der Waals surface area contributed by atoms with Gasteiger partial charge in [-0.05, 0) is 49.8 Å². The topological polar surface area (TPSA) is 56.1 Å². The van der Waals surface area contributed by atoms with E-state index in [1.54, 1.807) is 0 Å². The van der Waals surface area contributed by atoms with Crippen molar-refractivity contribution in [3.8, 4) is 6.07 Å². The Morgan fingerprint density at radius 2 is 1.86 bits per heavy atom. The molecular formula is C23H28ClN5. The summed E-state index contributed by atoms with van der Waals surface area (Å²) >= 11 is 6.28. The maximum absolute atomic E-state index is 9.12. The summed E-state index contributed by atoms with van der Waals surface area (Å²) in [6.45, 7) is 9.66. The van der Waals surface area contributed by atoms with Gasteiger partial charge in [-0.1, -0.05) is 25.4 Å². The molecule has 0 unspecified atom stereocenters. The van der Waals surface area contributed by atoms with Crippen molar-refractivity contribution in [2.24, 2.45) is 5.41 Å². The zero-order valence-corrected chi connectivity index (χ0v) is 18.2. The Morgan fingerprint density at radius 3 is 2.45 bits per heavy atom. The Hall–Kier alpha value is -2.32. The van der Waals surface area contributed by atoms with Gasteiger partial charge in [-0.2, -0.15) is 5.26 Å². The highest BCUT2D eigenvalue weighted by molar-refractivity contribution is 6.32. The number of rotatable bonds is 3. The minimum Gasteiger partial charge on any atom is -0.369 e. The second-order valence-electron chi connectivity index (χ2n) is 8.90. The molecule has 2 aliphatic rings. The fraction of sp³-hybridized carbons (Fsp3) is 0.522. The molecule has 1 aromatic carbocycles. The molecule has 0 bridgehead atoms. The molecule has 0 amide bonds. The molecule has 0 N–H and O–H groups in total. The van der Waals surface area contributed by atoms with E-state index < -0.39 is 0 Å². The Labute approximate surface area is 178 Å². The zero-order valence-electron chi connectivity index (χ0n) is 17.4. The van der Waals surface area contributed by atoms with Gasteiger partial charge in [0.05, 0.1) is 28.7 Å². The molecule has 4 rings (SSSR count). The van der Waals surface area contributed by atoms with Crippen molar-refractivity contribution < 1.29 is 0 Å². The fourth-order valence-electron chi connectivity index (χ4n) is 4.83. The van der Waals surface area contributed by atoms with Gasteiger partial charge in [-0.3, -0.25) is 0 Å². The first-order valence-corrected chi connectivity index (χ1v) is 10.8. The zero-order chi connectivity index (χ0) is 20.6. The van der Waals surface area contributed by atoms with Crippen LogP contribution in [0.4, 0.5) is 11.4 Å². The molecule has 29 heavy (non-hydrogen) atoms. The number of aromatic nitrogens is 2. The van der Waals surface area contributed by atoms with Crippen LogP contribution in [-0.2, 0) is 0 Å². The van der Waals surface area contributed by atoms with E-state index in [0.29, 0.717) is 28.0 Å². The summed E-state index contributed by atoms with van der Waals surface area (Å²) in [6.07, 6.45) is 7.49. The minimum absolute atomic E-state index is 0.342. The van der Waals surface area contributed by atoms with Crippen LogP contribution in [-0.4, -0.2) is 35.6 Å². The van der Waals surface area contributed by atoms with Crippen LogP contribution in [0, 0.1) is 16.7 Å². The highest BCUT2D eigenvalue weighted by Gasteiger charge is 2.44. The molecule has 2 fully saturated rings. The minimum atomic E-state index is 0.342. The molecule has 1 aromatic heterocycles. The molecule has 2 aromatic rings. The normalized spacial score (nSPS) is 21.0. The summed E-state index contributed by atoms with van der Waals surface area (Å²) in [7, 11) is 0. The summed E-state index contributed by atoms with van der Waals surface area (Å²) in [4.78, 5) is 13.9. The number of anilines is 2. The number of piperidine rings is 1. The lowest BCUT2D eigenvalue weighted by atomic mass is 9.76. The first kappa shape index (κ1) is 20.0. The maximum atomic E-state index is 9.12. The average molecular weight is 410 g/mol. The van der Waals surface area contributed by atoms with Crippen molar-refractivity contribution in [2.45, 2.75) is 52.0 Å². The fourth-order valence-corrected chi connectivity index (χ4v) is 5.05. The molecule has 5 nitrogen and oxygen atoms in total. The van der Waals surface area contributed by atoms with E-state index in [1.165, 1.54) is 19.3 Å². The third-order valence-corrected chi connectivity index (χ3v) is 6.85. The number of hydrogen-bond donors (Lipinski definition) is 0. The van der Waals surface area contributed by atoms with Gasteiger partial charge in [0.25, 0.3) is 0 Å². The quantitative estimate of drug-likeness (QED) is 0.713. The second kappa shape index (κ2) is 7.84. The highest BCUT2D eigenvalue weighted by atomic mass is 35.5. The molecule has 0 radical (unpaired) electrons. The van der Waals surface area contributed by atoms with E-state index in [2.05, 4.69) is 46.6 Å². The van der Waals surface area contributed by atoms with E-state index in [0.717, 1.165) is 36.8 Å². The number of nitrogens with zero attached hydrogens (tertiary/aromatic N) is 5. The molecule has 3 heterocycles. The molecule has 0 aliphatic carbocycles. The number of hydrogen-bond acceptors (Lipinski definition) is 5. The molecule has 2 saturated heterocycles. The highest BCUT2D eigenvalue weighted by Crippen LogP contribution is 2.45. The predicted octanol–water partition coefficient (Wildman–Crippen LogP) is 5.01. The Kier molecular flexibility index (Phi) is 5.40. The molecule has 6 heteroatoms. The van der Waals surface area contributed by atoms with Crippen LogP contribution in [0.1, 0.15) is 57.3 Å². The van der Waals surface area contributed by atoms with Gasteiger partial charge in [0.1, 0.15) is 11.9 Å². The molecule has 1 spiro atoms. The first-order valence-electron chi connectivity index (χ1n) is 10.4. The molecule has 1 atom stereocenters. The molecular weight excluding hydrogens is 382 g/mol. The Balaban J connectivity index is 1.43. The standard InChI is InChI=1S/C23H28ClN5/c1-16(2)22-26-13-20(14-27-22)28-8-6-23(7-9-28)11-17(3)29(15-23)19-5-4-18(12-25)21(24)10-19/h4-5,10,13-14,16-17H,6-9,11,15H2,1-3H3/t17-/m0/s1. The van der Waals surface area contributed by atoms with Gasteiger partial charge in [0, 0.05) is 37.3 Å². The van der Waals surface area contributed by atoms with Crippen LogP contribution in [0.25, 0.3) is 0 Å². The smallest absolute Gasteiger partial charge is 0.130 e. The maximum Gasteiger partial charge on any atom is 0.130 e. The van der Waals surface area contributed by atoms with Gasteiger partial charge < -0.3 is 9.80 Å². The number of benzene rings is 1. The first-order chi connectivity index (χ1) is 13.9. The average Bonchev–Trinajstić information content (AvgIpc) is 3.04. The largest absolute Gasteiger partial charge is 0.369 e. The SMILES string of the molecule is CC(C)c1ncc(N2CCC3(CC2)C[C@H](C)N(c2ccc(C#N)c(Cl)c2)C3)cn1. The van der Waals surface area contributed by atoms with Crippen LogP contribution >= 0.6 is 11.6 Å². The van der Waals surface area contributed by atoms with Crippen LogP contribution in [0.15, 0.2) is 30.6 Å². The third-order valence-electron chi connectivity index (χ3n) is 6.53. The van der Waals surface area contributed by atoms with Crippen molar-refractivity contribution >= 4 is 23.0 Å². The molecule has 0 saturated carbocycles. The lowest BCUT2D eigenvalue weighted by Crippen LogP contribution is -2.41. The monoisotopic (exact) mass is 409 g/mol. The van der Waals surface area contributed by atoms with Crippen LogP contribution in [0.3, 0.4) is 0 Å². The van der Waals surface area contributed by atoms with Gasteiger partial charge >= 0.3 is 0 Å². The number of halogens is 1. The van der Waals surface area contributed by atoms with Gasteiger partial charge in [-0.25, -0.2) is 9.97 Å². The van der Waals surface area contributed by atoms with Crippen LogP contribution < -0.4 is 9.80 Å². The third kappa shape index (κ3) is 3.91. The molecule has 2 aliphatic heterocycles. The number of nitriles is 1. The van der Waals surface area contributed by atoms with E-state index in [1.807, 2.05) is 30.6 Å². The summed E-state index contributed by atoms with van der Waals surface area (Å²) in [5, 5.41) is 9.66. The van der Waals surface area contributed by atoms with Gasteiger partial charge in [0.15, 0.2) is 0 Å². The Bertz CT molecular complexity index is 910. The van der Waals surface area contributed by atoms with Crippen molar-refractivity contribution in [1.29, 1.82) is 5.26 Å². The summed E-state index contributed by atoms with van der Waals surface area (Å²) < 4.78 is 0. The van der Waals surface area contributed by atoms with E-state index >= 15 is 0 Å². The molecule has 152 valence electrons. The lowest BCUT2D eigenvalue weighted by Gasteiger charge is -2.40. The summed E-state index contributed by atoms with van der Waals surface area (Å²) in [5.74, 6) is 1.26. The van der Waals surface area contributed by atoms with Crippen molar-refractivity contribution in [1.82, 2.24) is 9.97 Å². The lowest BCUT2D eigenvalue weighted by molar-refractivity contribution is 0.245. The Morgan fingerprint density at radius 1 is 1.17 bits per heavy atom. The summed E-state index contributed by atoms with van der Waals surface area (Å²) in [5.41, 5.74) is 3.13. The predicted molar refractivity (Wildman–Crippen MR) is 118 cm³/mol. The van der Waals surface area contributed by atoms with Crippen molar-refractivity contribution in [2.75, 3.05) is 29.4 Å². The van der Waals surface area contributed by atoms with Gasteiger partial charge in [-0.15, -0.1) is 0 Å². The second-order valence-corrected chi connectivity index (χ2v) is 9.31. The van der Waals surface area contributed by atoms with Crippen molar-refractivity contribution in [3.05, 3.63) is 47.0 Å². The van der Waals surface area contributed by atoms with Crippen molar-refractivity contribution in [3.63, 3.8) is 0 Å². The van der Waals surface area contributed by atoms with Crippen LogP contribution in [0.5, 0.6) is 0 Å².